The van der Waals surface area contributed by atoms with Crippen LogP contribution in [0.25, 0.3) is 33.1 Å². The quantitative estimate of drug-likeness (QED) is 0.0977. The lowest BCUT2D eigenvalue weighted by molar-refractivity contribution is -0.154. The van der Waals surface area contributed by atoms with Gasteiger partial charge in [0.05, 0.1) is 22.2 Å². The monoisotopic (exact) mass is 707 g/mol. The van der Waals surface area contributed by atoms with Crippen molar-refractivity contribution in [1.82, 2.24) is 4.98 Å². The number of rotatable bonds is 6. The summed E-state index contributed by atoms with van der Waals surface area (Å²) in [7, 11) is 0. The Kier molecular flexibility index (Phi) is 7.85. The molecule has 0 amide bonds. The summed E-state index contributed by atoms with van der Waals surface area (Å²) < 4.78 is 59.7. The number of ether oxygens (including phenoxy) is 2. The molecule has 10 heteroatoms. The average Bonchev–Trinajstić information content (AvgIpc) is 3.02. The second-order valence-electron chi connectivity index (χ2n) is 9.78. The molecular weight excluding hydrogens is 686 g/mol. The van der Waals surface area contributed by atoms with Gasteiger partial charge in [-0.3, -0.25) is 4.79 Å². The van der Waals surface area contributed by atoms with Gasteiger partial charge in [-0.15, -0.1) is 0 Å². The predicted octanol–water partition coefficient (Wildman–Crippen LogP) is 9.21. The summed E-state index contributed by atoms with van der Waals surface area (Å²) in [6, 6.07) is 26.7. The molecular formula is C34H21F3INO5. The number of carbonyl (C=O) groups is 1. The van der Waals surface area contributed by atoms with Crippen LogP contribution in [-0.4, -0.2) is 11.0 Å². The molecule has 4 aromatic carbocycles. The van der Waals surface area contributed by atoms with Gasteiger partial charge >= 0.3 is 12.1 Å². The minimum Gasteiger partial charge on any atom is -0.449 e. The van der Waals surface area contributed by atoms with E-state index in [1.165, 1.54) is 18.2 Å². The zero-order valence-electron chi connectivity index (χ0n) is 22.9. The second-order valence-corrected chi connectivity index (χ2v) is 11.0. The first-order chi connectivity index (χ1) is 21.1. The maximum atomic E-state index is 14.1. The van der Waals surface area contributed by atoms with Gasteiger partial charge in [0.2, 0.25) is 11.2 Å². The van der Waals surface area contributed by atoms with Crippen LogP contribution in [0.3, 0.4) is 0 Å². The van der Waals surface area contributed by atoms with Gasteiger partial charge in [0.25, 0.3) is 5.76 Å². The largest absolute Gasteiger partial charge is 0.453 e. The van der Waals surface area contributed by atoms with Crippen molar-refractivity contribution >= 4 is 50.4 Å². The summed E-state index contributed by atoms with van der Waals surface area (Å²) in [4.78, 5) is 31.7. The number of hydrogen-bond acceptors (Lipinski definition) is 6. The number of fused-ring (bicyclic) bond motifs is 2. The third-order valence-corrected chi connectivity index (χ3v) is 7.63. The number of aryl methyl sites for hydroxylation is 1. The fourth-order valence-corrected chi connectivity index (χ4v) is 5.14. The summed E-state index contributed by atoms with van der Waals surface area (Å²) >= 11 is 2.04. The number of benzene rings is 4. The topological polar surface area (TPSA) is 78.6 Å². The molecule has 0 fully saturated rings. The molecule has 0 aliphatic rings. The van der Waals surface area contributed by atoms with E-state index in [2.05, 4.69) is 4.98 Å². The zero-order chi connectivity index (χ0) is 31.0. The van der Waals surface area contributed by atoms with Gasteiger partial charge in [0, 0.05) is 20.6 Å². The van der Waals surface area contributed by atoms with Crippen LogP contribution in [-0.2, 0) is 12.6 Å². The highest BCUT2D eigenvalue weighted by molar-refractivity contribution is 14.1. The summed E-state index contributed by atoms with van der Waals surface area (Å²) in [5.74, 6) is -3.30. The lowest BCUT2D eigenvalue weighted by atomic mass is 10.0. The van der Waals surface area contributed by atoms with Crippen LogP contribution in [0.4, 0.5) is 13.2 Å². The van der Waals surface area contributed by atoms with Gasteiger partial charge in [0.15, 0.2) is 0 Å². The van der Waals surface area contributed by atoms with Crippen LogP contribution in [0.15, 0.2) is 106 Å². The average molecular weight is 707 g/mol. The van der Waals surface area contributed by atoms with Gasteiger partial charge < -0.3 is 13.9 Å². The van der Waals surface area contributed by atoms with Gasteiger partial charge in [-0.25, -0.2) is 9.78 Å². The molecule has 0 saturated carbocycles. The number of para-hydroxylation sites is 1. The van der Waals surface area contributed by atoms with Crippen LogP contribution in [0.5, 0.6) is 17.2 Å². The minimum absolute atomic E-state index is 0.0327. The summed E-state index contributed by atoms with van der Waals surface area (Å²) in [6.07, 6.45) is -4.74. The summed E-state index contributed by atoms with van der Waals surface area (Å²) in [6.45, 7) is 1.77. The van der Waals surface area contributed by atoms with Crippen molar-refractivity contribution in [2.75, 3.05) is 0 Å². The van der Waals surface area contributed by atoms with Crippen molar-refractivity contribution in [3.8, 4) is 28.5 Å². The van der Waals surface area contributed by atoms with E-state index in [-0.39, 0.29) is 22.4 Å². The van der Waals surface area contributed by atoms with Crippen LogP contribution < -0.4 is 14.9 Å². The van der Waals surface area contributed by atoms with Crippen molar-refractivity contribution in [3.05, 3.63) is 128 Å². The number of pyridine rings is 1. The van der Waals surface area contributed by atoms with E-state index in [1.807, 2.05) is 52.9 Å². The molecule has 44 heavy (non-hydrogen) atoms. The zero-order valence-corrected chi connectivity index (χ0v) is 25.1. The summed E-state index contributed by atoms with van der Waals surface area (Å²) in [5.41, 5.74) is 1.13. The minimum atomic E-state index is -5.05. The van der Waals surface area contributed by atoms with E-state index < -0.39 is 34.7 Å². The highest BCUT2D eigenvalue weighted by atomic mass is 127. The Labute approximate surface area is 262 Å². The molecule has 0 atom stereocenters. The molecule has 0 saturated heterocycles. The molecule has 220 valence electrons. The molecule has 6 aromatic rings. The molecule has 6 nitrogen and oxygen atoms in total. The number of carbonyl (C=O) groups excluding carboxylic acids is 1. The lowest BCUT2D eigenvalue weighted by Crippen LogP contribution is -2.16. The van der Waals surface area contributed by atoms with E-state index in [4.69, 9.17) is 13.9 Å². The number of halogens is 4. The normalized spacial score (nSPS) is 11.6. The Hall–Kier alpha value is -4.71. The number of hydrogen-bond donors (Lipinski definition) is 0. The smallest absolute Gasteiger partial charge is 0.449 e. The maximum Gasteiger partial charge on any atom is 0.453 e. The molecule has 0 radical (unpaired) electrons. The van der Waals surface area contributed by atoms with E-state index >= 15 is 0 Å². The Morgan fingerprint density at radius 2 is 1.61 bits per heavy atom. The van der Waals surface area contributed by atoms with E-state index in [0.717, 1.165) is 15.2 Å². The molecule has 0 aliphatic carbocycles. The molecule has 0 unspecified atom stereocenters. The third kappa shape index (κ3) is 5.77. The fourth-order valence-electron chi connectivity index (χ4n) is 4.78. The fraction of sp³-hybridized carbons (Fsp3) is 0.0882. The van der Waals surface area contributed by atoms with E-state index in [1.54, 1.807) is 49.4 Å². The number of esters is 1. The highest BCUT2D eigenvalue weighted by Gasteiger charge is 2.40. The molecule has 0 N–H and O–H groups in total. The van der Waals surface area contributed by atoms with E-state index in [0.29, 0.717) is 28.6 Å². The standard InChI is InChI=1S/C34H21F3INO5/c1-2-19-16-25-29(43-32(34(35,36)37)31(30(25)40)42-22-14-12-21(38)13-15-22)18-28(19)44-33(41)24-17-27(20-8-4-3-5-9-20)39-26-11-7-6-10-23(24)26/h3-18H,2H2,1H3. The second kappa shape index (κ2) is 11.8. The first-order valence-electron chi connectivity index (χ1n) is 13.4. The van der Waals surface area contributed by atoms with Crippen molar-refractivity contribution < 1.29 is 31.9 Å². The first kappa shape index (κ1) is 29.4. The Balaban J connectivity index is 1.45. The van der Waals surface area contributed by atoms with Crippen molar-refractivity contribution in [1.29, 1.82) is 0 Å². The van der Waals surface area contributed by atoms with Crippen LogP contribution in [0.1, 0.15) is 28.6 Å². The first-order valence-corrected chi connectivity index (χ1v) is 14.5. The van der Waals surface area contributed by atoms with Crippen molar-refractivity contribution in [2.45, 2.75) is 19.5 Å². The number of nitrogens with zero attached hydrogens (tertiary/aromatic N) is 1. The third-order valence-electron chi connectivity index (χ3n) is 6.91. The molecule has 0 aliphatic heterocycles. The van der Waals surface area contributed by atoms with Crippen molar-refractivity contribution in [2.24, 2.45) is 0 Å². The number of alkyl halides is 3. The van der Waals surface area contributed by atoms with Crippen molar-refractivity contribution in [3.63, 3.8) is 0 Å². The van der Waals surface area contributed by atoms with E-state index in [9.17, 15) is 22.8 Å². The van der Waals surface area contributed by atoms with Gasteiger partial charge in [-0.2, -0.15) is 13.2 Å². The highest BCUT2D eigenvalue weighted by Crippen LogP contribution is 2.39. The molecule has 6 rings (SSSR count). The predicted molar refractivity (Wildman–Crippen MR) is 168 cm³/mol. The molecule has 2 heterocycles. The molecule has 2 aromatic heterocycles. The Morgan fingerprint density at radius 1 is 0.909 bits per heavy atom. The lowest BCUT2D eigenvalue weighted by Gasteiger charge is -2.15. The van der Waals surface area contributed by atoms with Gasteiger partial charge in [-0.1, -0.05) is 55.5 Å². The Bertz CT molecular complexity index is 2090. The van der Waals surface area contributed by atoms with Crippen LogP contribution in [0, 0.1) is 3.57 Å². The number of aromatic nitrogens is 1. The molecule has 0 bridgehead atoms. The van der Waals surface area contributed by atoms with Gasteiger partial charge in [0.1, 0.15) is 17.1 Å². The van der Waals surface area contributed by atoms with Crippen LogP contribution >= 0.6 is 22.6 Å². The SMILES string of the molecule is CCc1cc2c(=O)c(Oc3ccc(I)cc3)c(C(F)(F)F)oc2cc1OC(=O)c1cc(-c2ccccc2)nc2ccccc12. The van der Waals surface area contributed by atoms with Gasteiger partial charge in [-0.05, 0) is 77.0 Å². The molecule has 0 spiro atoms. The van der Waals surface area contributed by atoms with Crippen LogP contribution in [0.2, 0.25) is 0 Å². The maximum absolute atomic E-state index is 14.1. The summed E-state index contributed by atoms with van der Waals surface area (Å²) in [5, 5.41) is 0.398. The Morgan fingerprint density at radius 3 is 2.32 bits per heavy atom.